The monoisotopic (exact) mass is 578 g/mol. The predicted octanol–water partition coefficient (Wildman–Crippen LogP) is 5.77. The minimum Gasteiger partial charge on any atom is -0.348 e. The summed E-state index contributed by atoms with van der Waals surface area (Å²) in [6.45, 7) is 5.59. The van der Waals surface area contributed by atoms with E-state index in [1.807, 2.05) is 45.0 Å². The molecule has 1 N–H and O–H groups in total. The molecule has 0 aromatic heterocycles. The van der Waals surface area contributed by atoms with Crippen LogP contribution in [0, 0.1) is 27.9 Å². The van der Waals surface area contributed by atoms with Gasteiger partial charge in [-0.2, -0.15) is 0 Å². The lowest BCUT2D eigenvalue weighted by atomic mass is 9.86. The van der Waals surface area contributed by atoms with Crippen LogP contribution in [0.3, 0.4) is 0 Å². The van der Waals surface area contributed by atoms with Gasteiger partial charge < -0.3 is 10.2 Å². The molecule has 0 unspecified atom stereocenters. The van der Waals surface area contributed by atoms with E-state index in [4.69, 9.17) is 0 Å². The maximum atomic E-state index is 13.9. The fourth-order valence-electron chi connectivity index (χ4n) is 4.27. The quantitative estimate of drug-likeness (QED) is 0.391. The third-order valence-electron chi connectivity index (χ3n) is 5.98. The minimum absolute atomic E-state index is 0.0741. The highest BCUT2D eigenvalue weighted by Crippen LogP contribution is 2.45. The number of amides is 2. The Balaban J connectivity index is 1.65. The van der Waals surface area contributed by atoms with Crippen molar-refractivity contribution < 1.29 is 22.8 Å². The molecule has 0 fully saturated rings. The Kier molecular flexibility index (Phi) is 6.46. The number of halogens is 4. The number of carbonyl (C=O) groups excluding carboxylic acids is 2. The van der Waals surface area contributed by atoms with Crippen LogP contribution in [0.15, 0.2) is 48.5 Å². The lowest BCUT2D eigenvalue weighted by Crippen LogP contribution is -2.35. The second kappa shape index (κ2) is 9.05. The fraction of sp³-hybridized carbons (Fsp3) is 0.231. The topological polar surface area (TPSA) is 49.4 Å². The minimum atomic E-state index is -1.07. The normalized spacial score (nSPS) is 14.3. The molecule has 4 rings (SSSR count). The Labute approximate surface area is 209 Å². The summed E-state index contributed by atoms with van der Waals surface area (Å²) < 4.78 is 41.8. The van der Waals surface area contributed by atoms with Crippen LogP contribution >= 0.6 is 22.6 Å². The molecule has 4 nitrogen and oxygen atoms in total. The van der Waals surface area contributed by atoms with Crippen LogP contribution in [0.5, 0.6) is 0 Å². The summed E-state index contributed by atoms with van der Waals surface area (Å²) >= 11 is 2.10. The lowest BCUT2D eigenvalue weighted by Gasteiger charge is -2.21. The van der Waals surface area contributed by atoms with Gasteiger partial charge in [0.05, 0.1) is 17.6 Å². The van der Waals surface area contributed by atoms with E-state index in [0.717, 1.165) is 20.3 Å². The molecule has 1 aliphatic heterocycles. The molecule has 0 spiro atoms. The van der Waals surface area contributed by atoms with Crippen molar-refractivity contribution in [2.45, 2.75) is 39.3 Å². The van der Waals surface area contributed by atoms with E-state index in [1.165, 1.54) is 0 Å². The highest BCUT2D eigenvalue weighted by molar-refractivity contribution is 14.1. The molecule has 0 aliphatic carbocycles. The van der Waals surface area contributed by atoms with Gasteiger partial charge in [-0.1, -0.05) is 29.8 Å². The number of carbonyl (C=O) groups is 2. The number of fused-ring (bicyclic) bond motifs is 1. The summed E-state index contributed by atoms with van der Waals surface area (Å²) in [5.41, 5.74) is 2.56. The molecule has 3 aromatic carbocycles. The predicted molar refractivity (Wildman–Crippen MR) is 132 cm³/mol. The molecule has 0 bridgehead atoms. The van der Waals surface area contributed by atoms with Crippen molar-refractivity contribution >= 4 is 40.1 Å². The molecule has 1 aliphatic rings. The number of hydrogen-bond donors (Lipinski definition) is 1. The van der Waals surface area contributed by atoms with Gasteiger partial charge in [-0.05, 0) is 61.1 Å². The summed E-state index contributed by atoms with van der Waals surface area (Å²) in [5, 5.41) is 2.49. The number of aryl methyl sites for hydroxylation is 1. The van der Waals surface area contributed by atoms with Gasteiger partial charge in [-0.15, -0.1) is 0 Å². The van der Waals surface area contributed by atoms with Gasteiger partial charge in [0.15, 0.2) is 0 Å². The number of rotatable bonds is 5. The van der Waals surface area contributed by atoms with Crippen LogP contribution in [-0.2, 0) is 23.3 Å². The standard InChI is InChI=1S/C26H22F3IN2O2/c1-14-5-4-6-15(7-14)13-32-22-9-16(8-21(30)23(22)26(2,3)25(32)34)24(33)31-12-18-19(28)10-17(27)11-20(18)29/h4-11H,12-13H2,1-3H3,(H,31,33). The molecule has 8 heteroatoms. The first kappa shape index (κ1) is 24.3. The maximum absolute atomic E-state index is 13.9. The van der Waals surface area contributed by atoms with Crippen LogP contribution in [0.25, 0.3) is 0 Å². The number of nitrogens with zero attached hydrogens (tertiary/aromatic N) is 1. The summed E-state index contributed by atoms with van der Waals surface area (Å²) in [6, 6.07) is 12.3. The van der Waals surface area contributed by atoms with Crippen LogP contribution < -0.4 is 10.2 Å². The molecular weight excluding hydrogens is 556 g/mol. The lowest BCUT2D eigenvalue weighted by molar-refractivity contribution is -0.122. The van der Waals surface area contributed by atoms with Crippen molar-refractivity contribution in [3.05, 3.63) is 97.4 Å². The maximum Gasteiger partial charge on any atom is 0.251 e. The molecule has 3 aromatic rings. The van der Waals surface area contributed by atoms with Crippen molar-refractivity contribution in [2.24, 2.45) is 0 Å². The third kappa shape index (κ3) is 4.43. The van der Waals surface area contributed by atoms with E-state index in [9.17, 15) is 22.8 Å². The van der Waals surface area contributed by atoms with E-state index >= 15 is 0 Å². The van der Waals surface area contributed by atoms with Crippen LogP contribution in [-0.4, -0.2) is 11.8 Å². The van der Waals surface area contributed by atoms with Crippen molar-refractivity contribution in [2.75, 3.05) is 4.90 Å². The van der Waals surface area contributed by atoms with Crippen molar-refractivity contribution in [1.82, 2.24) is 5.32 Å². The van der Waals surface area contributed by atoms with Crippen LogP contribution in [0.4, 0.5) is 18.9 Å². The number of nitrogens with one attached hydrogen (secondary N) is 1. The highest BCUT2D eigenvalue weighted by atomic mass is 127. The summed E-state index contributed by atoms with van der Waals surface area (Å²) in [6.07, 6.45) is 0. The average molecular weight is 578 g/mol. The molecule has 0 saturated heterocycles. The van der Waals surface area contributed by atoms with E-state index in [-0.39, 0.29) is 11.5 Å². The zero-order valence-electron chi connectivity index (χ0n) is 18.8. The summed E-state index contributed by atoms with van der Waals surface area (Å²) in [5.74, 6) is -3.80. The van der Waals surface area contributed by atoms with E-state index in [2.05, 4.69) is 27.9 Å². The van der Waals surface area contributed by atoms with Gasteiger partial charge in [0.1, 0.15) is 17.5 Å². The third-order valence-corrected chi connectivity index (χ3v) is 6.83. The molecular formula is C26H22F3IN2O2. The van der Waals surface area contributed by atoms with Crippen molar-refractivity contribution in [1.29, 1.82) is 0 Å². The van der Waals surface area contributed by atoms with Crippen molar-refractivity contribution in [3.63, 3.8) is 0 Å². The van der Waals surface area contributed by atoms with Gasteiger partial charge in [0.25, 0.3) is 5.91 Å². The summed E-state index contributed by atoms with van der Waals surface area (Å²) in [7, 11) is 0. The van der Waals surface area contributed by atoms with E-state index < -0.39 is 40.9 Å². The second-order valence-electron chi connectivity index (χ2n) is 8.89. The number of benzene rings is 3. The second-order valence-corrected chi connectivity index (χ2v) is 10.1. The van der Waals surface area contributed by atoms with Gasteiger partial charge in [-0.25, -0.2) is 13.2 Å². The Hall–Kier alpha value is -2.88. The molecule has 2 amide bonds. The average Bonchev–Trinajstić information content (AvgIpc) is 2.93. The van der Waals surface area contributed by atoms with Gasteiger partial charge in [-0.3, -0.25) is 9.59 Å². The van der Waals surface area contributed by atoms with E-state index in [1.54, 1.807) is 17.0 Å². The first-order valence-corrected chi connectivity index (χ1v) is 11.7. The summed E-state index contributed by atoms with van der Waals surface area (Å²) in [4.78, 5) is 27.9. The van der Waals surface area contributed by atoms with Gasteiger partial charge in [0.2, 0.25) is 5.91 Å². The Morgan fingerprint density at radius 3 is 2.38 bits per heavy atom. The number of hydrogen-bond acceptors (Lipinski definition) is 2. The molecule has 0 saturated carbocycles. The number of anilines is 1. The molecule has 1 heterocycles. The Morgan fingerprint density at radius 2 is 1.74 bits per heavy atom. The first-order chi connectivity index (χ1) is 16.0. The molecule has 34 heavy (non-hydrogen) atoms. The van der Waals surface area contributed by atoms with Crippen LogP contribution in [0.2, 0.25) is 0 Å². The molecule has 176 valence electrons. The van der Waals surface area contributed by atoms with Crippen molar-refractivity contribution in [3.8, 4) is 0 Å². The van der Waals surface area contributed by atoms with Gasteiger partial charge >= 0.3 is 0 Å². The highest BCUT2D eigenvalue weighted by Gasteiger charge is 2.45. The smallest absolute Gasteiger partial charge is 0.251 e. The Morgan fingerprint density at radius 1 is 1.06 bits per heavy atom. The van der Waals surface area contributed by atoms with Crippen LogP contribution in [0.1, 0.15) is 46.5 Å². The largest absolute Gasteiger partial charge is 0.348 e. The zero-order chi connectivity index (χ0) is 24.8. The van der Waals surface area contributed by atoms with E-state index in [0.29, 0.717) is 24.4 Å². The molecule has 0 atom stereocenters. The SMILES string of the molecule is Cc1cccc(CN2C(=O)C(C)(C)c3c(I)cc(C(=O)NCc4c(F)cc(F)cc4F)cc32)c1. The Bertz CT molecular complexity index is 1300. The van der Waals surface area contributed by atoms with Gasteiger partial charge in [0, 0.05) is 38.9 Å². The first-order valence-electron chi connectivity index (χ1n) is 10.6. The zero-order valence-corrected chi connectivity index (χ0v) is 21.0. The fourth-order valence-corrected chi connectivity index (χ4v) is 5.56. The molecule has 0 radical (unpaired) electrons.